The number of carbonyl (C=O) groups excluding carboxylic acids is 2. The number of nitrogens with one attached hydrogen (secondary N) is 2. The van der Waals surface area contributed by atoms with E-state index in [-0.39, 0.29) is 11.8 Å². The van der Waals surface area contributed by atoms with Crippen LogP contribution in [-0.2, 0) is 4.79 Å². The highest BCUT2D eigenvalue weighted by atomic mass is 32.2. The van der Waals surface area contributed by atoms with Gasteiger partial charge in [-0.1, -0.05) is 12.8 Å². The van der Waals surface area contributed by atoms with E-state index in [0.717, 1.165) is 10.9 Å². The van der Waals surface area contributed by atoms with Gasteiger partial charge in [0.15, 0.2) is 0 Å². The lowest BCUT2D eigenvalue weighted by Gasteiger charge is -2.10. The molecular weight excluding hydrogens is 364 g/mol. The van der Waals surface area contributed by atoms with Crippen molar-refractivity contribution in [1.82, 2.24) is 5.32 Å². The molecule has 1 saturated carbocycles. The molecule has 1 heterocycles. The van der Waals surface area contributed by atoms with Gasteiger partial charge >= 0.3 is 0 Å². The summed E-state index contributed by atoms with van der Waals surface area (Å²) in [5, 5.41) is 10.2. The predicted octanol–water partition coefficient (Wildman–Crippen LogP) is 4.93. The molecule has 0 aliphatic heterocycles. The number of anilines is 1. The van der Waals surface area contributed by atoms with Gasteiger partial charge in [-0.3, -0.25) is 9.59 Å². The third-order valence-corrected chi connectivity index (χ3v) is 6.42. The zero-order valence-corrected chi connectivity index (χ0v) is 16.3. The van der Waals surface area contributed by atoms with Gasteiger partial charge in [0.2, 0.25) is 5.91 Å². The molecule has 1 aromatic carbocycles. The summed E-state index contributed by atoms with van der Waals surface area (Å²) >= 11 is 3.44. The molecule has 26 heavy (non-hydrogen) atoms. The lowest BCUT2D eigenvalue weighted by Crippen LogP contribution is -2.25. The first kappa shape index (κ1) is 19.0. The molecule has 1 aromatic heterocycles. The van der Waals surface area contributed by atoms with Gasteiger partial charge in [-0.15, -0.1) is 11.8 Å². The van der Waals surface area contributed by atoms with Gasteiger partial charge in [0.05, 0.1) is 0 Å². The van der Waals surface area contributed by atoms with Gasteiger partial charge < -0.3 is 10.6 Å². The fourth-order valence-corrected chi connectivity index (χ4v) is 4.87. The Kier molecular flexibility index (Phi) is 7.14. The molecule has 3 rings (SSSR count). The van der Waals surface area contributed by atoms with Crippen LogP contribution < -0.4 is 10.6 Å². The molecule has 2 N–H and O–H groups in total. The van der Waals surface area contributed by atoms with E-state index >= 15 is 0 Å². The van der Waals surface area contributed by atoms with Crippen LogP contribution in [0.5, 0.6) is 0 Å². The monoisotopic (exact) mass is 388 g/mol. The lowest BCUT2D eigenvalue weighted by molar-refractivity contribution is -0.116. The minimum atomic E-state index is -0.0815. The number of amides is 2. The highest BCUT2D eigenvalue weighted by Gasteiger charge is 2.16. The van der Waals surface area contributed by atoms with Crippen molar-refractivity contribution in [2.45, 2.75) is 48.7 Å². The maximum absolute atomic E-state index is 12.0. The molecule has 1 aliphatic carbocycles. The molecule has 0 atom stereocenters. The molecule has 2 amide bonds. The van der Waals surface area contributed by atoms with Gasteiger partial charge in [-0.05, 0) is 55.0 Å². The van der Waals surface area contributed by atoms with Crippen LogP contribution >= 0.6 is 23.1 Å². The zero-order chi connectivity index (χ0) is 18.2. The Bertz CT molecular complexity index is 708. The van der Waals surface area contributed by atoms with E-state index < -0.39 is 0 Å². The molecule has 4 nitrogen and oxygen atoms in total. The van der Waals surface area contributed by atoms with E-state index in [9.17, 15) is 9.59 Å². The fourth-order valence-electron chi connectivity index (χ4n) is 2.99. The van der Waals surface area contributed by atoms with Crippen molar-refractivity contribution in [3.8, 4) is 0 Å². The summed E-state index contributed by atoms with van der Waals surface area (Å²) in [6, 6.07) is 9.89. The minimum absolute atomic E-state index is 0.0222. The molecule has 0 unspecified atom stereocenters. The van der Waals surface area contributed by atoms with Crippen LogP contribution in [0.2, 0.25) is 0 Å². The molecule has 138 valence electrons. The largest absolute Gasteiger partial charge is 0.352 e. The van der Waals surface area contributed by atoms with E-state index in [1.807, 2.05) is 34.7 Å². The number of thiophene rings is 1. The highest BCUT2D eigenvalue weighted by Crippen LogP contribution is 2.34. The molecule has 1 aliphatic rings. The van der Waals surface area contributed by atoms with Crippen molar-refractivity contribution in [3.63, 3.8) is 0 Å². The van der Waals surface area contributed by atoms with Crippen molar-refractivity contribution < 1.29 is 9.59 Å². The van der Waals surface area contributed by atoms with Crippen LogP contribution in [0.1, 0.15) is 48.9 Å². The Morgan fingerprint density at radius 2 is 1.88 bits per heavy atom. The Labute approximate surface area is 162 Å². The van der Waals surface area contributed by atoms with Gasteiger partial charge in [-0.2, -0.15) is 11.3 Å². The molecular formula is C20H24N2O2S2. The smallest absolute Gasteiger partial charge is 0.252 e. The van der Waals surface area contributed by atoms with Gasteiger partial charge in [-0.25, -0.2) is 0 Å². The minimum Gasteiger partial charge on any atom is -0.352 e. The summed E-state index contributed by atoms with van der Waals surface area (Å²) in [4.78, 5) is 25.1. The summed E-state index contributed by atoms with van der Waals surface area (Å²) in [7, 11) is 0. The molecule has 2 aromatic rings. The predicted molar refractivity (Wildman–Crippen MR) is 109 cm³/mol. The fraction of sp³-hybridized carbons (Fsp3) is 0.400. The number of hydrogen-bond donors (Lipinski definition) is 2. The number of benzene rings is 1. The third kappa shape index (κ3) is 5.88. The van der Waals surface area contributed by atoms with Crippen LogP contribution in [0.4, 0.5) is 5.69 Å². The first-order chi connectivity index (χ1) is 12.7. The summed E-state index contributed by atoms with van der Waals surface area (Å²) in [5.74, 6) is -0.104. The molecule has 0 spiro atoms. The molecule has 0 bridgehead atoms. The van der Waals surface area contributed by atoms with E-state index in [1.54, 1.807) is 6.07 Å². The second kappa shape index (κ2) is 9.78. The SMILES string of the molecule is O=C(CCCNC(=O)c1ccsc1)Nc1ccc(SC2CCCC2)cc1. The van der Waals surface area contributed by atoms with E-state index in [2.05, 4.69) is 22.8 Å². The topological polar surface area (TPSA) is 58.2 Å². The highest BCUT2D eigenvalue weighted by molar-refractivity contribution is 8.00. The normalized spacial score (nSPS) is 14.3. The maximum Gasteiger partial charge on any atom is 0.252 e. The van der Waals surface area contributed by atoms with Crippen LogP contribution in [0.3, 0.4) is 0 Å². The standard InChI is InChI=1S/C20H24N2O2S2/c23-19(6-3-12-21-20(24)15-11-13-25-14-15)22-16-7-9-18(10-8-16)26-17-4-1-2-5-17/h7-11,13-14,17H,1-6,12H2,(H,21,24)(H,22,23). The second-order valence-electron chi connectivity index (χ2n) is 6.47. The van der Waals surface area contributed by atoms with Gasteiger partial charge in [0.1, 0.15) is 0 Å². The van der Waals surface area contributed by atoms with Crippen molar-refractivity contribution in [1.29, 1.82) is 0 Å². The first-order valence-electron chi connectivity index (χ1n) is 9.08. The molecule has 0 radical (unpaired) electrons. The molecule has 0 saturated heterocycles. The third-order valence-electron chi connectivity index (χ3n) is 4.39. The Morgan fingerprint density at radius 1 is 1.12 bits per heavy atom. The van der Waals surface area contributed by atoms with Gasteiger partial charge in [0, 0.05) is 39.7 Å². The van der Waals surface area contributed by atoms with Crippen molar-refractivity contribution in [2.75, 3.05) is 11.9 Å². The second-order valence-corrected chi connectivity index (χ2v) is 8.62. The maximum atomic E-state index is 12.0. The number of thioether (sulfide) groups is 1. The van der Waals surface area contributed by atoms with E-state index in [0.29, 0.717) is 24.9 Å². The van der Waals surface area contributed by atoms with Crippen LogP contribution in [0.25, 0.3) is 0 Å². The summed E-state index contributed by atoms with van der Waals surface area (Å²) in [5.41, 5.74) is 1.50. The van der Waals surface area contributed by atoms with Crippen LogP contribution in [-0.4, -0.2) is 23.6 Å². The number of rotatable bonds is 8. The van der Waals surface area contributed by atoms with E-state index in [4.69, 9.17) is 0 Å². The molecule has 1 fully saturated rings. The average molecular weight is 389 g/mol. The first-order valence-corrected chi connectivity index (χ1v) is 10.9. The van der Waals surface area contributed by atoms with Crippen molar-refractivity contribution in [2.24, 2.45) is 0 Å². The summed E-state index contributed by atoms with van der Waals surface area (Å²) in [6.07, 6.45) is 6.33. The Balaban J connectivity index is 1.34. The lowest BCUT2D eigenvalue weighted by atomic mass is 10.2. The average Bonchev–Trinajstić information content (AvgIpc) is 3.34. The van der Waals surface area contributed by atoms with Crippen LogP contribution in [0.15, 0.2) is 46.0 Å². The van der Waals surface area contributed by atoms with E-state index in [1.165, 1.54) is 41.9 Å². The van der Waals surface area contributed by atoms with Crippen molar-refractivity contribution >= 4 is 40.6 Å². The summed E-state index contributed by atoms with van der Waals surface area (Å²) in [6.45, 7) is 0.499. The van der Waals surface area contributed by atoms with Gasteiger partial charge in [0.25, 0.3) is 5.91 Å². The summed E-state index contributed by atoms with van der Waals surface area (Å²) < 4.78 is 0. The molecule has 6 heteroatoms. The Morgan fingerprint density at radius 3 is 2.58 bits per heavy atom. The number of carbonyl (C=O) groups is 2. The van der Waals surface area contributed by atoms with Crippen LogP contribution in [0, 0.1) is 0 Å². The zero-order valence-electron chi connectivity index (χ0n) is 14.7. The quantitative estimate of drug-likeness (QED) is 0.630. The van der Waals surface area contributed by atoms with Crippen molar-refractivity contribution in [3.05, 3.63) is 46.7 Å². The number of hydrogen-bond acceptors (Lipinski definition) is 4. The Hall–Kier alpha value is -1.79.